The molecule has 0 spiro atoms. The molecule has 1 aromatic carbocycles. The summed E-state index contributed by atoms with van der Waals surface area (Å²) in [7, 11) is 0. The Morgan fingerprint density at radius 1 is 1.41 bits per heavy atom. The summed E-state index contributed by atoms with van der Waals surface area (Å²) in [4.78, 5) is 14.8. The maximum Gasteiger partial charge on any atom is 0.303 e. The van der Waals surface area contributed by atoms with Crippen molar-refractivity contribution >= 4 is 17.1 Å². The molecule has 0 fully saturated rings. The third kappa shape index (κ3) is 2.84. The number of carbonyl (C=O) groups is 1. The van der Waals surface area contributed by atoms with Crippen molar-refractivity contribution in [3.05, 3.63) is 29.7 Å². The minimum Gasteiger partial charge on any atom is -0.481 e. The smallest absolute Gasteiger partial charge is 0.303 e. The second kappa shape index (κ2) is 4.99. The van der Waals surface area contributed by atoms with Gasteiger partial charge in [0.15, 0.2) is 11.5 Å². The van der Waals surface area contributed by atoms with Crippen molar-refractivity contribution in [3.8, 4) is 0 Å². The molecule has 0 aliphatic carbocycles. The Labute approximate surface area is 99.3 Å². The highest BCUT2D eigenvalue weighted by Gasteiger charge is 2.08. The van der Waals surface area contributed by atoms with Crippen LogP contribution in [0.2, 0.25) is 0 Å². The van der Waals surface area contributed by atoms with E-state index in [4.69, 9.17) is 9.52 Å². The molecular weight excluding hydrogens is 218 g/mol. The number of aryl methyl sites for hydroxylation is 2. The van der Waals surface area contributed by atoms with E-state index in [1.807, 2.05) is 18.2 Å². The molecule has 0 radical (unpaired) electrons. The number of benzene rings is 1. The van der Waals surface area contributed by atoms with Gasteiger partial charge in [0.05, 0.1) is 6.42 Å². The molecule has 1 heterocycles. The monoisotopic (exact) mass is 233 g/mol. The number of aromatic nitrogens is 1. The van der Waals surface area contributed by atoms with Crippen LogP contribution in [-0.2, 0) is 17.6 Å². The molecule has 90 valence electrons. The fraction of sp³-hybridized carbons (Fsp3) is 0.385. The van der Waals surface area contributed by atoms with Crippen LogP contribution in [0.4, 0.5) is 0 Å². The number of oxazole rings is 1. The van der Waals surface area contributed by atoms with E-state index < -0.39 is 5.97 Å². The Morgan fingerprint density at radius 2 is 2.24 bits per heavy atom. The van der Waals surface area contributed by atoms with Gasteiger partial charge in [-0.15, -0.1) is 0 Å². The van der Waals surface area contributed by atoms with Crippen molar-refractivity contribution in [2.75, 3.05) is 0 Å². The van der Waals surface area contributed by atoms with E-state index in [9.17, 15) is 4.79 Å². The van der Waals surface area contributed by atoms with Crippen molar-refractivity contribution in [2.24, 2.45) is 0 Å². The van der Waals surface area contributed by atoms with Gasteiger partial charge >= 0.3 is 5.97 Å². The third-order valence-electron chi connectivity index (χ3n) is 2.59. The summed E-state index contributed by atoms with van der Waals surface area (Å²) in [6.07, 6.45) is 2.50. The average Bonchev–Trinajstić information content (AvgIpc) is 2.69. The first-order chi connectivity index (χ1) is 8.19. The second-order valence-corrected chi connectivity index (χ2v) is 4.05. The maximum atomic E-state index is 10.5. The van der Waals surface area contributed by atoms with Gasteiger partial charge in [0, 0.05) is 6.42 Å². The molecule has 0 unspecified atom stereocenters. The van der Waals surface area contributed by atoms with E-state index in [1.165, 1.54) is 5.56 Å². The van der Waals surface area contributed by atoms with Crippen molar-refractivity contribution < 1.29 is 14.3 Å². The number of rotatable bonds is 5. The lowest BCUT2D eigenvalue weighted by atomic mass is 10.1. The third-order valence-corrected chi connectivity index (χ3v) is 2.59. The molecule has 0 saturated heterocycles. The van der Waals surface area contributed by atoms with Gasteiger partial charge in [-0.25, -0.2) is 4.98 Å². The SMILES string of the molecule is CCCc1ccc2oc(CCC(=O)O)nc2c1. The van der Waals surface area contributed by atoms with Gasteiger partial charge in [0.25, 0.3) is 0 Å². The molecule has 17 heavy (non-hydrogen) atoms. The Hall–Kier alpha value is -1.84. The summed E-state index contributed by atoms with van der Waals surface area (Å²) < 4.78 is 5.48. The number of hydrogen-bond donors (Lipinski definition) is 1. The largest absolute Gasteiger partial charge is 0.481 e. The van der Waals surface area contributed by atoms with E-state index in [2.05, 4.69) is 11.9 Å². The Balaban J connectivity index is 2.21. The van der Waals surface area contributed by atoms with Crippen LogP contribution in [0, 0.1) is 0 Å². The highest BCUT2D eigenvalue weighted by atomic mass is 16.4. The number of fused-ring (bicyclic) bond motifs is 1. The average molecular weight is 233 g/mol. The van der Waals surface area contributed by atoms with E-state index in [0.29, 0.717) is 12.3 Å². The lowest BCUT2D eigenvalue weighted by Crippen LogP contribution is -1.97. The Kier molecular flexibility index (Phi) is 3.42. The molecule has 1 N–H and O–H groups in total. The molecular formula is C13H15NO3. The standard InChI is InChI=1S/C13H15NO3/c1-2-3-9-4-5-11-10(8-9)14-12(17-11)6-7-13(15)16/h4-5,8H,2-3,6-7H2,1H3,(H,15,16). The highest BCUT2D eigenvalue weighted by molar-refractivity contribution is 5.73. The molecule has 1 aromatic heterocycles. The summed E-state index contributed by atoms with van der Waals surface area (Å²) in [5, 5.41) is 8.59. The van der Waals surface area contributed by atoms with Gasteiger partial charge in [-0.1, -0.05) is 19.4 Å². The summed E-state index contributed by atoms with van der Waals surface area (Å²) in [5.74, 6) is -0.338. The molecule has 0 saturated carbocycles. The second-order valence-electron chi connectivity index (χ2n) is 4.05. The molecule has 4 nitrogen and oxygen atoms in total. The molecule has 4 heteroatoms. The quantitative estimate of drug-likeness (QED) is 0.862. The van der Waals surface area contributed by atoms with Crippen LogP contribution < -0.4 is 0 Å². The lowest BCUT2D eigenvalue weighted by molar-refractivity contribution is -0.137. The van der Waals surface area contributed by atoms with Gasteiger partial charge in [-0.3, -0.25) is 4.79 Å². The Morgan fingerprint density at radius 3 is 2.94 bits per heavy atom. The van der Waals surface area contributed by atoms with Gasteiger partial charge in [0.1, 0.15) is 5.52 Å². The summed E-state index contributed by atoms with van der Waals surface area (Å²) >= 11 is 0. The number of carboxylic acid groups (broad SMARTS) is 1. The zero-order valence-corrected chi connectivity index (χ0v) is 9.77. The molecule has 0 atom stereocenters. The zero-order chi connectivity index (χ0) is 12.3. The minimum atomic E-state index is -0.834. The fourth-order valence-corrected chi connectivity index (χ4v) is 1.79. The molecule has 0 amide bonds. The van der Waals surface area contributed by atoms with Gasteiger partial charge in [-0.2, -0.15) is 0 Å². The lowest BCUT2D eigenvalue weighted by Gasteiger charge is -1.95. The van der Waals surface area contributed by atoms with Crippen LogP contribution in [0.1, 0.15) is 31.2 Å². The van der Waals surface area contributed by atoms with Crippen molar-refractivity contribution in [2.45, 2.75) is 32.6 Å². The van der Waals surface area contributed by atoms with E-state index in [-0.39, 0.29) is 6.42 Å². The summed E-state index contributed by atoms with van der Waals surface area (Å²) in [6, 6.07) is 5.93. The topological polar surface area (TPSA) is 63.3 Å². The van der Waals surface area contributed by atoms with Gasteiger partial charge in [-0.05, 0) is 24.1 Å². The number of hydrogen-bond acceptors (Lipinski definition) is 3. The van der Waals surface area contributed by atoms with Crippen LogP contribution in [0.15, 0.2) is 22.6 Å². The van der Waals surface area contributed by atoms with Crippen molar-refractivity contribution in [1.82, 2.24) is 4.98 Å². The van der Waals surface area contributed by atoms with Crippen LogP contribution in [-0.4, -0.2) is 16.1 Å². The van der Waals surface area contributed by atoms with Crippen LogP contribution >= 0.6 is 0 Å². The van der Waals surface area contributed by atoms with Gasteiger partial charge < -0.3 is 9.52 Å². The number of aliphatic carboxylic acids is 1. The zero-order valence-electron chi connectivity index (χ0n) is 9.77. The first kappa shape index (κ1) is 11.6. The molecule has 0 aliphatic rings. The van der Waals surface area contributed by atoms with Gasteiger partial charge in [0.2, 0.25) is 0 Å². The van der Waals surface area contributed by atoms with E-state index >= 15 is 0 Å². The van der Waals surface area contributed by atoms with E-state index in [1.54, 1.807) is 0 Å². The normalized spacial score (nSPS) is 10.9. The van der Waals surface area contributed by atoms with Crippen molar-refractivity contribution in [1.29, 1.82) is 0 Å². The highest BCUT2D eigenvalue weighted by Crippen LogP contribution is 2.18. The van der Waals surface area contributed by atoms with Crippen LogP contribution in [0.3, 0.4) is 0 Å². The molecule has 0 bridgehead atoms. The first-order valence-corrected chi connectivity index (χ1v) is 5.79. The summed E-state index contributed by atoms with van der Waals surface area (Å²) in [6.45, 7) is 2.13. The first-order valence-electron chi connectivity index (χ1n) is 5.79. The predicted octanol–water partition coefficient (Wildman–Crippen LogP) is 2.80. The van der Waals surface area contributed by atoms with Crippen LogP contribution in [0.5, 0.6) is 0 Å². The molecule has 2 aromatic rings. The van der Waals surface area contributed by atoms with E-state index in [0.717, 1.165) is 23.9 Å². The predicted molar refractivity (Wildman–Crippen MR) is 64.0 cm³/mol. The molecule has 0 aliphatic heterocycles. The number of carboxylic acids is 1. The maximum absolute atomic E-state index is 10.5. The molecule has 2 rings (SSSR count). The number of nitrogens with zero attached hydrogens (tertiary/aromatic N) is 1. The van der Waals surface area contributed by atoms with Crippen LogP contribution in [0.25, 0.3) is 11.1 Å². The van der Waals surface area contributed by atoms with Crippen molar-refractivity contribution in [3.63, 3.8) is 0 Å². The minimum absolute atomic E-state index is 0.0502. The summed E-state index contributed by atoms with van der Waals surface area (Å²) in [5.41, 5.74) is 2.78. The Bertz CT molecular complexity index is 530. The fourth-order valence-electron chi connectivity index (χ4n) is 1.79.